The van der Waals surface area contributed by atoms with Gasteiger partial charge in [-0.3, -0.25) is 0 Å². The van der Waals surface area contributed by atoms with Gasteiger partial charge >= 0.3 is 0 Å². The molecule has 0 bridgehead atoms. The highest BCUT2D eigenvalue weighted by Crippen LogP contribution is 2.42. The Hall–Kier alpha value is -5.06. The highest BCUT2D eigenvalue weighted by Gasteiger charge is 2.20. The first kappa shape index (κ1) is 23.8. The van der Waals surface area contributed by atoms with E-state index in [1.54, 1.807) is 0 Å². The molecule has 194 valence electrons. The zero-order chi connectivity index (χ0) is 27.2. The van der Waals surface area contributed by atoms with Crippen molar-refractivity contribution in [1.29, 1.82) is 0 Å². The molecule has 1 atom stereocenters. The van der Waals surface area contributed by atoms with E-state index in [0.717, 1.165) is 28.4 Å². The molecule has 1 N–H and O–H groups in total. The molecule has 7 aromatic rings. The monoisotopic (exact) mass is 543 g/mol. The first-order chi connectivity index (χ1) is 20.3. The highest BCUT2D eigenvalue weighted by atomic mass is 32.1. The molecule has 1 aliphatic rings. The molecule has 3 nitrogen and oxygen atoms in total. The Morgan fingerprint density at radius 2 is 1.17 bits per heavy atom. The number of hydrogen-bond acceptors (Lipinski definition) is 4. The Bertz CT molecular complexity index is 2110. The normalized spacial score (nSPS) is 15.1. The molecule has 0 aliphatic carbocycles. The summed E-state index contributed by atoms with van der Waals surface area (Å²) in [4.78, 5) is 10.00. The van der Waals surface area contributed by atoms with E-state index in [-0.39, 0.29) is 6.17 Å². The number of benzene rings is 6. The quantitative estimate of drug-likeness (QED) is 0.236. The zero-order valence-electron chi connectivity index (χ0n) is 22.2. The third-order valence-corrected chi connectivity index (χ3v) is 8.95. The first-order valence-corrected chi connectivity index (χ1v) is 14.6. The summed E-state index contributed by atoms with van der Waals surface area (Å²) in [5.74, 6) is 1.65. The molecule has 2 heterocycles. The lowest BCUT2D eigenvalue weighted by Crippen LogP contribution is -2.36. The topological polar surface area (TPSA) is 36.8 Å². The minimum atomic E-state index is -0.304. The maximum atomic E-state index is 5.04. The average Bonchev–Trinajstić information content (AvgIpc) is 3.44. The summed E-state index contributed by atoms with van der Waals surface area (Å²) >= 11 is 1.88. The van der Waals surface area contributed by atoms with Gasteiger partial charge in [-0.2, -0.15) is 0 Å². The van der Waals surface area contributed by atoms with E-state index in [1.807, 2.05) is 47.7 Å². The largest absolute Gasteiger partial charge is 0.324 e. The number of aliphatic imine (C=N–C) groups is 2. The van der Waals surface area contributed by atoms with Crippen molar-refractivity contribution in [1.82, 2.24) is 5.32 Å². The van der Waals surface area contributed by atoms with Crippen molar-refractivity contribution in [3.63, 3.8) is 0 Å². The van der Waals surface area contributed by atoms with Crippen molar-refractivity contribution in [2.24, 2.45) is 9.98 Å². The summed E-state index contributed by atoms with van der Waals surface area (Å²) in [6, 6.07) is 49.1. The fourth-order valence-electron chi connectivity index (χ4n) is 5.71. The first-order valence-electron chi connectivity index (χ1n) is 13.8. The predicted octanol–water partition coefficient (Wildman–Crippen LogP) is 9.37. The molecule has 0 radical (unpaired) electrons. The molecule has 0 saturated carbocycles. The second-order valence-electron chi connectivity index (χ2n) is 10.3. The number of hydrogen-bond donors (Lipinski definition) is 1. The fraction of sp³-hybridized carbons (Fsp3) is 0.0270. The molecule has 1 unspecified atom stereocenters. The molecule has 4 heteroatoms. The molecule has 0 amide bonds. The lowest BCUT2D eigenvalue weighted by Gasteiger charge is -2.22. The Kier molecular flexibility index (Phi) is 5.71. The molecule has 1 aliphatic heterocycles. The van der Waals surface area contributed by atoms with E-state index >= 15 is 0 Å². The van der Waals surface area contributed by atoms with Crippen molar-refractivity contribution in [3.8, 4) is 11.1 Å². The molecule has 8 rings (SSSR count). The number of nitrogens with zero attached hydrogens (tertiary/aromatic N) is 2. The lowest BCUT2D eigenvalue weighted by molar-refractivity contribution is 0.756. The van der Waals surface area contributed by atoms with Gasteiger partial charge in [0, 0.05) is 36.7 Å². The summed E-state index contributed by atoms with van der Waals surface area (Å²) in [6.07, 6.45) is -0.304. The number of fused-ring (bicyclic) bond motifs is 5. The van der Waals surface area contributed by atoms with E-state index in [9.17, 15) is 0 Å². The summed E-state index contributed by atoms with van der Waals surface area (Å²) < 4.78 is 2.67. The molecule has 0 spiro atoms. The van der Waals surface area contributed by atoms with Crippen molar-refractivity contribution in [2.75, 3.05) is 0 Å². The Labute approximate surface area is 242 Å². The SMILES string of the molecule is c1ccc(C2=NC(c3ccccc3)N=C(c3ccc(-c4cccc5ccc6c7ccccc7sc6c45)cc3)N2)cc1. The van der Waals surface area contributed by atoms with Gasteiger partial charge in [0.05, 0.1) is 0 Å². The Balaban J connectivity index is 1.21. The van der Waals surface area contributed by atoms with Gasteiger partial charge < -0.3 is 5.32 Å². The van der Waals surface area contributed by atoms with Crippen molar-refractivity contribution in [2.45, 2.75) is 6.17 Å². The summed E-state index contributed by atoms with van der Waals surface area (Å²) in [5, 5.41) is 8.74. The third kappa shape index (κ3) is 4.21. The van der Waals surface area contributed by atoms with Crippen LogP contribution in [0, 0.1) is 0 Å². The van der Waals surface area contributed by atoms with E-state index in [1.165, 1.54) is 42.1 Å². The Morgan fingerprint density at radius 3 is 1.95 bits per heavy atom. The van der Waals surface area contributed by atoms with E-state index in [0.29, 0.717) is 0 Å². The van der Waals surface area contributed by atoms with Crippen LogP contribution in [0.25, 0.3) is 42.1 Å². The van der Waals surface area contributed by atoms with Crippen LogP contribution < -0.4 is 5.32 Å². The summed E-state index contributed by atoms with van der Waals surface area (Å²) in [5.41, 5.74) is 5.58. The van der Waals surface area contributed by atoms with Crippen LogP contribution in [0.1, 0.15) is 22.9 Å². The van der Waals surface area contributed by atoms with Crippen molar-refractivity contribution >= 4 is 54.0 Å². The van der Waals surface area contributed by atoms with Crippen LogP contribution in [0.3, 0.4) is 0 Å². The number of thiophene rings is 1. The molecule has 0 fully saturated rings. The summed E-state index contributed by atoms with van der Waals surface area (Å²) in [7, 11) is 0. The van der Waals surface area contributed by atoms with Crippen LogP contribution in [0.15, 0.2) is 150 Å². The van der Waals surface area contributed by atoms with Crippen LogP contribution in [0.2, 0.25) is 0 Å². The predicted molar refractivity (Wildman–Crippen MR) is 174 cm³/mol. The van der Waals surface area contributed by atoms with Gasteiger partial charge in [0.1, 0.15) is 11.7 Å². The van der Waals surface area contributed by atoms with Gasteiger partial charge in [-0.05, 0) is 28.1 Å². The molecular formula is C37H25N3S. The molecule has 1 aromatic heterocycles. The van der Waals surface area contributed by atoms with Crippen LogP contribution in [-0.4, -0.2) is 11.7 Å². The summed E-state index contributed by atoms with van der Waals surface area (Å²) in [6.45, 7) is 0. The molecule has 0 saturated heterocycles. The minimum Gasteiger partial charge on any atom is -0.324 e. The van der Waals surface area contributed by atoms with Gasteiger partial charge in [-0.25, -0.2) is 9.98 Å². The van der Waals surface area contributed by atoms with Crippen LogP contribution in [0.5, 0.6) is 0 Å². The maximum absolute atomic E-state index is 5.04. The number of nitrogens with one attached hydrogen (secondary N) is 1. The van der Waals surface area contributed by atoms with Gasteiger partial charge in [-0.15, -0.1) is 11.3 Å². The fourth-order valence-corrected chi connectivity index (χ4v) is 6.99. The van der Waals surface area contributed by atoms with Gasteiger partial charge in [-0.1, -0.05) is 133 Å². The smallest absolute Gasteiger partial charge is 0.169 e. The van der Waals surface area contributed by atoms with Gasteiger partial charge in [0.25, 0.3) is 0 Å². The molecule has 6 aromatic carbocycles. The maximum Gasteiger partial charge on any atom is 0.169 e. The molecule has 41 heavy (non-hydrogen) atoms. The van der Waals surface area contributed by atoms with Crippen LogP contribution >= 0.6 is 11.3 Å². The van der Waals surface area contributed by atoms with E-state index < -0.39 is 0 Å². The highest BCUT2D eigenvalue weighted by molar-refractivity contribution is 7.26. The van der Waals surface area contributed by atoms with E-state index in [2.05, 4.69) is 108 Å². The van der Waals surface area contributed by atoms with Crippen molar-refractivity contribution < 1.29 is 0 Å². The Morgan fingerprint density at radius 1 is 0.512 bits per heavy atom. The lowest BCUT2D eigenvalue weighted by atomic mass is 9.96. The van der Waals surface area contributed by atoms with E-state index in [4.69, 9.17) is 9.98 Å². The second kappa shape index (κ2) is 9.84. The van der Waals surface area contributed by atoms with Crippen molar-refractivity contribution in [3.05, 3.63) is 156 Å². The van der Waals surface area contributed by atoms with Gasteiger partial charge in [0.15, 0.2) is 6.17 Å². The number of rotatable bonds is 4. The van der Waals surface area contributed by atoms with Crippen LogP contribution in [-0.2, 0) is 0 Å². The average molecular weight is 544 g/mol. The number of amidine groups is 2. The second-order valence-corrected chi connectivity index (χ2v) is 11.3. The standard InChI is InChI=1S/C37H25N3S/c1-3-10-26(11-4-1)35-38-36(27-12-5-2-6-13-27)40-37(39-35)28-20-18-24(19-21-28)29-16-9-14-25-22-23-31-30-15-7-8-17-32(30)41-34(31)33(25)29/h1-23,35H,(H,38,39,40). The van der Waals surface area contributed by atoms with Crippen LogP contribution in [0.4, 0.5) is 0 Å². The third-order valence-electron chi connectivity index (χ3n) is 7.74. The molecular weight excluding hydrogens is 518 g/mol. The minimum absolute atomic E-state index is 0.304. The van der Waals surface area contributed by atoms with Gasteiger partial charge in [0.2, 0.25) is 0 Å². The zero-order valence-corrected chi connectivity index (χ0v) is 23.0.